The summed E-state index contributed by atoms with van der Waals surface area (Å²) in [7, 11) is 0. The molecule has 106 valence electrons. The van der Waals surface area contributed by atoms with Gasteiger partial charge in [-0.25, -0.2) is 0 Å². The summed E-state index contributed by atoms with van der Waals surface area (Å²) in [5.74, 6) is 0. The molecule has 2 nitrogen and oxygen atoms in total. The summed E-state index contributed by atoms with van der Waals surface area (Å²) in [4.78, 5) is 2.57. The van der Waals surface area contributed by atoms with Gasteiger partial charge in [-0.3, -0.25) is 0 Å². The van der Waals surface area contributed by atoms with Gasteiger partial charge in [-0.1, -0.05) is 25.1 Å². The first-order chi connectivity index (χ1) is 8.74. The van der Waals surface area contributed by atoms with Gasteiger partial charge in [-0.2, -0.15) is 0 Å². The van der Waals surface area contributed by atoms with Crippen LogP contribution in [0.2, 0.25) is 0 Å². The van der Waals surface area contributed by atoms with Crippen molar-refractivity contribution in [2.45, 2.75) is 59.0 Å². The van der Waals surface area contributed by atoms with Crippen LogP contribution in [0, 0.1) is 6.92 Å². The first-order valence-corrected chi connectivity index (χ1v) is 7.37. The van der Waals surface area contributed by atoms with E-state index in [0.717, 1.165) is 19.5 Å². The quantitative estimate of drug-likeness (QED) is 0.875. The number of hydrogen-bond donors (Lipinski definition) is 1. The van der Waals surface area contributed by atoms with Crippen molar-refractivity contribution in [1.82, 2.24) is 5.32 Å². The number of hydrogen-bond acceptors (Lipinski definition) is 2. The summed E-state index contributed by atoms with van der Waals surface area (Å²) in [5.41, 5.74) is 4.61. The van der Waals surface area contributed by atoms with E-state index in [9.17, 15) is 0 Å². The summed E-state index contributed by atoms with van der Waals surface area (Å²) in [6, 6.07) is 6.68. The average Bonchev–Trinajstić information content (AvgIpc) is 2.24. The average molecular weight is 260 g/mol. The number of rotatable bonds is 2. The third kappa shape index (κ3) is 3.11. The Hall–Kier alpha value is -1.02. The van der Waals surface area contributed by atoms with Crippen LogP contribution >= 0.6 is 0 Å². The molecule has 0 spiro atoms. The van der Waals surface area contributed by atoms with E-state index in [1.807, 2.05) is 0 Å². The van der Waals surface area contributed by atoms with Crippen molar-refractivity contribution in [2.75, 3.05) is 18.0 Å². The van der Waals surface area contributed by atoms with Crippen molar-refractivity contribution < 1.29 is 0 Å². The van der Waals surface area contributed by atoms with Crippen LogP contribution in [0.1, 0.15) is 45.7 Å². The van der Waals surface area contributed by atoms with Gasteiger partial charge in [0.15, 0.2) is 0 Å². The normalized spacial score (nSPS) is 21.5. The summed E-state index contributed by atoms with van der Waals surface area (Å²) in [6.45, 7) is 15.8. The van der Waals surface area contributed by atoms with Crippen LogP contribution in [0.4, 0.5) is 5.69 Å². The van der Waals surface area contributed by atoms with Crippen molar-refractivity contribution in [1.29, 1.82) is 0 Å². The van der Waals surface area contributed by atoms with E-state index in [1.54, 1.807) is 0 Å². The smallest absolute Gasteiger partial charge is 0.0429 e. The lowest BCUT2D eigenvalue weighted by atomic mass is 9.90. The number of piperazine rings is 1. The molecule has 0 unspecified atom stereocenters. The molecule has 0 aromatic heterocycles. The van der Waals surface area contributed by atoms with Crippen LogP contribution in [0.15, 0.2) is 18.2 Å². The van der Waals surface area contributed by atoms with E-state index >= 15 is 0 Å². The lowest BCUT2D eigenvalue weighted by Crippen LogP contribution is -2.67. The Morgan fingerprint density at radius 2 is 1.68 bits per heavy atom. The minimum atomic E-state index is 0.148. The number of nitrogens with zero attached hydrogens (tertiary/aromatic N) is 1. The molecule has 1 fully saturated rings. The Morgan fingerprint density at radius 1 is 1.11 bits per heavy atom. The SMILES string of the molecule is CCc1cccc(C)c1N1CC(C)(C)NC(C)(C)C1. The van der Waals surface area contributed by atoms with Crippen LogP contribution in [0.25, 0.3) is 0 Å². The highest BCUT2D eigenvalue weighted by molar-refractivity contribution is 5.60. The predicted octanol–water partition coefficient (Wildman–Crippen LogP) is 3.52. The predicted molar refractivity (Wildman–Crippen MR) is 84.1 cm³/mol. The van der Waals surface area contributed by atoms with Gasteiger partial charge in [0.2, 0.25) is 0 Å². The summed E-state index contributed by atoms with van der Waals surface area (Å²) in [5, 5.41) is 3.75. The van der Waals surface area contributed by atoms with Crippen LogP contribution in [-0.4, -0.2) is 24.2 Å². The molecule has 0 saturated carbocycles. The van der Waals surface area contributed by atoms with E-state index in [4.69, 9.17) is 0 Å². The highest BCUT2D eigenvalue weighted by Gasteiger charge is 2.37. The number of nitrogens with one attached hydrogen (secondary N) is 1. The third-order valence-electron chi connectivity index (χ3n) is 3.87. The van der Waals surface area contributed by atoms with Gasteiger partial charge < -0.3 is 10.2 Å². The Labute approximate surface area is 118 Å². The maximum absolute atomic E-state index is 3.75. The van der Waals surface area contributed by atoms with Gasteiger partial charge in [0.25, 0.3) is 0 Å². The maximum Gasteiger partial charge on any atom is 0.0429 e. The lowest BCUT2D eigenvalue weighted by molar-refractivity contribution is 0.226. The highest BCUT2D eigenvalue weighted by Crippen LogP contribution is 2.31. The molecule has 1 aromatic rings. The molecule has 1 heterocycles. The van der Waals surface area contributed by atoms with Crippen molar-refractivity contribution in [3.05, 3.63) is 29.3 Å². The van der Waals surface area contributed by atoms with Crippen molar-refractivity contribution in [3.8, 4) is 0 Å². The topological polar surface area (TPSA) is 15.3 Å². The lowest BCUT2D eigenvalue weighted by Gasteiger charge is -2.50. The second-order valence-electron chi connectivity index (χ2n) is 7.19. The molecule has 1 saturated heterocycles. The minimum Gasteiger partial charge on any atom is -0.367 e. The number of aryl methyl sites for hydroxylation is 2. The molecule has 1 aliphatic heterocycles. The Kier molecular flexibility index (Phi) is 3.65. The zero-order valence-corrected chi connectivity index (χ0v) is 13.3. The van der Waals surface area contributed by atoms with Gasteiger partial charge in [0.05, 0.1) is 0 Å². The fourth-order valence-electron chi connectivity index (χ4n) is 3.62. The van der Waals surface area contributed by atoms with Gasteiger partial charge in [0.1, 0.15) is 0 Å². The standard InChI is InChI=1S/C17H28N2/c1-7-14-10-8-9-13(2)15(14)19-11-16(3,4)18-17(5,6)12-19/h8-10,18H,7,11-12H2,1-6H3. The Morgan fingerprint density at radius 3 is 2.21 bits per heavy atom. The number of benzene rings is 1. The van der Waals surface area contributed by atoms with Crippen LogP contribution in [0.3, 0.4) is 0 Å². The van der Waals surface area contributed by atoms with Gasteiger partial charge in [-0.15, -0.1) is 0 Å². The van der Waals surface area contributed by atoms with E-state index < -0.39 is 0 Å². The fourth-order valence-corrected chi connectivity index (χ4v) is 3.62. The first kappa shape index (κ1) is 14.4. The molecule has 19 heavy (non-hydrogen) atoms. The summed E-state index contributed by atoms with van der Waals surface area (Å²) >= 11 is 0. The zero-order valence-electron chi connectivity index (χ0n) is 13.3. The minimum absolute atomic E-state index is 0.148. The molecule has 2 rings (SSSR count). The Balaban J connectivity index is 2.41. The number of anilines is 1. The van der Waals surface area contributed by atoms with E-state index in [-0.39, 0.29) is 11.1 Å². The first-order valence-electron chi connectivity index (χ1n) is 7.37. The fraction of sp³-hybridized carbons (Fsp3) is 0.647. The molecule has 0 amide bonds. The molecule has 1 aromatic carbocycles. The molecular formula is C17H28N2. The molecule has 0 radical (unpaired) electrons. The summed E-state index contributed by atoms with van der Waals surface area (Å²) in [6.07, 6.45) is 1.10. The van der Waals surface area contributed by atoms with Crippen LogP contribution < -0.4 is 10.2 Å². The van der Waals surface area contributed by atoms with E-state index in [2.05, 4.69) is 70.0 Å². The van der Waals surface area contributed by atoms with E-state index in [0.29, 0.717) is 0 Å². The van der Waals surface area contributed by atoms with Crippen molar-refractivity contribution in [2.24, 2.45) is 0 Å². The molecular weight excluding hydrogens is 232 g/mol. The molecule has 0 bridgehead atoms. The molecule has 0 atom stereocenters. The van der Waals surface area contributed by atoms with Gasteiger partial charge in [-0.05, 0) is 52.2 Å². The Bertz CT molecular complexity index is 444. The zero-order chi connectivity index (χ0) is 14.3. The van der Waals surface area contributed by atoms with Crippen molar-refractivity contribution in [3.63, 3.8) is 0 Å². The second-order valence-corrected chi connectivity index (χ2v) is 7.19. The molecule has 0 aliphatic carbocycles. The summed E-state index contributed by atoms with van der Waals surface area (Å²) < 4.78 is 0. The van der Waals surface area contributed by atoms with Gasteiger partial charge >= 0.3 is 0 Å². The third-order valence-corrected chi connectivity index (χ3v) is 3.87. The molecule has 2 heteroatoms. The second kappa shape index (κ2) is 4.82. The molecule has 1 N–H and O–H groups in total. The largest absolute Gasteiger partial charge is 0.367 e. The van der Waals surface area contributed by atoms with Gasteiger partial charge in [0, 0.05) is 29.9 Å². The monoisotopic (exact) mass is 260 g/mol. The van der Waals surface area contributed by atoms with E-state index in [1.165, 1.54) is 16.8 Å². The van der Waals surface area contributed by atoms with Crippen LogP contribution in [-0.2, 0) is 6.42 Å². The maximum atomic E-state index is 3.75. The van der Waals surface area contributed by atoms with Crippen molar-refractivity contribution >= 4 is 5.69 Å². The molecule has 1 aliphatic rings. The highest BCUT2D eigenvalue weighted by atomic mass is 15.3. The number of para-hydroxylation sites is 1. The van der Waals surface area contributed by atoms with Crippen LogP contribution in [0.5, 0.6) is 0 Å².